The average Bonchev–Trinajstić information content (AvgIpc) is 3.96. The summed E-state index contributed by atoms with van der Waals surface area (Å²) in [5.74, 6) is -3.23. The number of halogens is 6. The number of nitriles is 2. The number of benzene rings is 1. The maximum atomic E-state index is 14.1. The van der Waals surface area contributed by atoms with Gasteiger partial charge in [0.05, 0.1) is 65.3 Å². The van der Waals surface area contributed by atoms with E-state index in [2.05, 4.69) is 9.97 Å². The Labute approximate surface area is 328 Å². The monoisotopic (exact) mass is 840 g/mol. The summed E-state index contributed by atoms with van der Waals surface area (Å²) in [7, 11) is 0. The van der Waals surface area contributed by atoms with Crippen LogP contribution in [0.4, 0.5) is 37.7 Å². The zero-order chi connectivity index (χ0) is 40.1. The highest BCUT2D eigenvalue weighted by Gasteiger charge is 2.45. The minimum atomic E-state index is -4.94. The van der Waals surface area contributed by atoms with Crippen LogP contribution in [0, 0.1) is 22.7 Å². The van der Waals surface area contributed by atoms with Gasteiger partial charge in [-0.25, -0.2) is 19.8 Å². The molecule has 0 N–H and O–H groups in total. The number of anilines is 2. The molecule has 5 aromatic rings. The van der Waals surface area contributed by atoms with Gasteiger partial charge in [-0.2, -0.15) is 36.9 Å². The molecule has 6 heterocycles. The lowest BCUT2D eigenvalue weighted by Crippen LogP contribution is -2.33. The lowest BCUT2D eigenvalue weighted by atomic mass is 10.1. The molecule has 4 aromatic heterocycles. The first-order valence-electron chi connectivity index (χ1n) is 15.9. The molecule has 2 unspecified atom stereocenters. The fourth-order valence-electron chi connectivity index (χ4n) is 5.95. The van der Waals surface area contributed by atoms with Gasteiger partial charge in [0.2, 0.25) is 23.6 Å². The molecule has 10 nitrogen and oxygen atoms in total. The first-order chi connectivity index (χ1) is 26.6. The number of rotatable bonds is 8. The molecule has 0 saturated carbocycles. The fourth-order valence-corrected chi connectivity index (χ4v) is 9.58. The number of hydrogen-bond acceptors (Lipinski definition) is 12. The van der Waals surface area contributed by atoms with Gasteiger partial charge in [-0.1, -0.05) is 41.7 Å². The molecule has 2 fully saturated rings. The van der Waals surface area contributed by atoms with Crippen LogP contribution in [0.3, 0.4) is 0 Å². The molecule has 4 amide bonds. The van der Waals surface area contributed by atoms with E-state index in [9.17, 15) is 56.0 Å². The number of carbonyl (C=O) groups excluding carboxylic acids is 4. The highest BCUT2D eigenvalue weighted by molar-refractivity contribution is 8.01. The van der Waals surface area contributed by atoms with Gasteiger partial charge in [0.1, 0.15) is 22.2 Å². The largest absolute Gasteiger partial charge is 0.417 e. The van der Waals surface area contributed by atoms with E-state index in [1.165, 1.54) is 48.5 Å². The maximum Gasteiger partial charge on any atom is 0.417 e. The summed E-state index contributed by atoms with van der Waals surface area (Å²) in [6.45, 7) is 0. The number of amides is 4. The van der Waals surface area contributed by atoms with Crippen LogP contribution in [0.2, 0.25) is 0 Å². The van der Waals surface area contributed by atoms with Crippen LogP contribution in [-0.2, 0) is 31.5 Å². The van der Waals surface area contributed by atoms with E-state index in [4.69, 9.17) is 0 Å². The van der Waals surface area contributed by atoms with Crippen molar-refractivity contribution < 1.29 is 45.5 Å². The number of imide groups is 2. The minimum absolute atomic E-state index is 0.0813. The van der Waals surface area contributed by atoms with Crippen molar-refractivity contribution in [2.45, 2.75) is 45.7 Å². The van der Waals surface area contributed by atoms with Crippen molar-refractivity contribution in [3.8, 4) is 33.3 Å². The molecule has 2 atom stereocenters. The van der Waals surface area contributed by atoms with Crippen molar-refractivity contribution in [2.24, 2.45) is 0 Å². The summed E-state index contributed by atoms with van der Waals surface area (Å²) >= 11 is 3.29. The van der Waals surface area contributed by atoms with Gasteiger partial charge >= 0.3 is 12.4 Å². The number of alkyl halides is 6. The Bertz CT molecular complexity index is 2340. The Balaban J connectivity index is 1.15. The molecule has 1 aromatic carbocycles. The van der Waals surface area contributed by atoms with E-state index < -0.39 is 91.6 Å². The number of thioether (sulfide) groups is 2. The molecule has 2 aliphatic heterocycles. The molecule has 2 aliphatic rings. The third kappa shape index (κ3) is 7.28. The molecule has 0 radical (unpaired) electrons. The van der Waals surface area contributed by atoms with E-state index in [0.29, 0.717) is 33.3 Å². The smallest absolute Gasteiger partial charge is 0.274 e. The van der Waals surface area contributed by atoms with Gasteiger partial charge in [0.15, 0.2) is 0 Å². The minimum Gasteiger partial charge on any atom is -0.274 e. The Hall–Kier alpha value is -5.54. The highest BCUT2D eigenvalue weighted by Crippen LogP contribution is 2.44. The summed E-state index contributed by atoms with van der Waals surface area (Å²) in [6, 6.07) is 16.0. The molecule has 56 heavy (non-hydrogen) atoms. The van der Waals surface area contributed by atoms with Gasteiger partial charge in [0, 0.05) is 12.8 Å². The molecule has 0 spiro atoms. The number of hydrogen-bond donors (Lipinski definition) is 0. The zero-order valence-corrected chi connectivity index (χ0v) is 31.0. The van der Waals surface area contributed by atoms with Crippen molar-refractivity contribution in [1.82, 2.24) is 9.97 Å². The quantitative estimate of drug-likeness (QED) is 0.110. The van der Waals surface area contributed by atoms with E-state index in [1.807, 2.05) is 0 Å². The van der Waals surface area contributed by atoms with Gasteiger partial charge in [-0.15, -0.1) is 22.7 Å². The fraction of sp³-hybridized carbons (Fsp3) is 0.167. The molecule has 7 rings (SSSR count). The van der Waals surface area contributed by atoms with Crippen LogP contribution in [0.5, 0.6) is 0 Å². The summed E-state index contributed by atoms with van der Waals surface area (Å²) in [6.07, 6.45) is -10.8. The molecule has 2 saturated heterocycles. The SMILES string of the molecule is N#Cc1c(C(F)(F)F)cc(-c2cccs2)nc1SC1CC(=O)N(c2cccc(N3C(=O)CC(Sc4nc(-c5cccs5)cc(C(F)(F)F)c4C#N)C3=O)c2)C1=O. The predicted molar refractivity (Wildman–Crippen MR) is 194 cm³/mol. The third-order valence-electron chi connectivity index (χ3n) is 8.42. The summed E-state index contributed by atoms with van der Waals surface area (Å²) < 4.78 is 84.4. The second kappa shape index (κ2) is 14.8. The van der Waals surface area contributed by atoms with E-state index in [0.717, 1.165) is 44.6 Å². The number of thiophene rings is 2. The Morgan fingerprint density at radius 3 is 1.39 bits per heavy atom. The van der Waals surface area contributed by atoms with Gasteiger partial charge < -0.3 is 0 Å². The molecule has 0 bridgehead atoms. The maximum absolute atomic E-state index is 14.1. The average molecular weight is 841 g/mol. The van der Waals surface area contributed by atoms with Crippen molar-refractivity contribution in [3.63, 3.8) is 0 Å². The number of carbonyl (C=O) groups is 4. The van der Waals surface area contributed by atoms with Crippen molar-refractivity contribution in [1.29, 1.82) is 10.5 Å². The first kappa shape index (κ1) is 38.7. The Morgan fingerprint density at radius 2 is 1.05 bits per heavy atom. The molecular weight excluding hydrogens is 823 g/mol. The van der Waals surface area contributed by atoms with E-state index in [1.54, 1.807) is 22.9 Å². The summed E-state index contributed by atoms with van der Waals surface area (Å²) in [5, 5.41) is 19.3. The van der Waals surface area contributed by atoms with Gasteiger partial charge in [0.25, 0.3) is 0 Å². The first-order valence-corrected chi connectivity index (χ1v) is 19.4. The lowest BCUT2D eigenvalue weighted by Gasteiger charge is -2.20. The molecular formula is C36H18F6N6O4S4. The van der Waals surface area contributed by atoms with Crippen LogP contribution in [0.25, 0.3) is 21.1 Å². The Morgan fingerprint density at radius 1 is 0.643 bits per heavy atom. The van der Waals surface area contributed by atoms with Crippen LogP contribution < -0.4 is 9.80 Å². The molecule has 282 valence electrons. The van der Waals surface area contributed by atoms with Crippen molar-refractivity contribution in [2.75, 3.05) is 9.80 Å². The topological polar surface area (TPSA) is 148 Å². The van der Waals surface area contributed by atoms with Crippen LogP contribution in [0.15, 0.2) is 81.5 Å². The highest BCUT2D eigenvalue weighted by atomic mass is 32.2. The van der Waals surface area contributed by atoms with Gasteiger partial charge in [-0.05, 0) is 53.2 Å². The zero-order valence-electron chi connectivity index (χ0n) is 27.7. The number of nitrogens with zero attached hydrogens (tertiary/aromatic N) is 6. The lowest BCUT2D eigenvalue weighted by molar-refractivity contribution is -0.138. The van der Waals surface area contributed by atoms with Crippen molar-refractivity contribution in [3.05, 3.63) is 93.7 Å². The van der Waals surface area contributed by atoms with Gasteiger partial charge in [-0.3, -0.25) is 19.2 Å². The van der Waals surface area contributed by atoms with Crippen LogP contribution in [0.1, 0.15) is 35.1 Å². The molecule has 0 aliphatic carbocycles. The van der Waals surface area contributed by atoms with E-state index in [-0.39, 0.29) is 22.8 Å². The number of pyridine rings is 2. The van der Waals surface area contributed by atoms with Crippen LogP contribution in [-0.4, -0.2) is 44.1 Å². The standard InChI is InChI=1S/C36H18F6N6O4S4/c37-35(38,39)21-11-23(25-6-2-8-53-25)45-31(19(21)15-43)55-27-13-29(49)47(33(27)51)17-4-1-5-18(10-17)48-30(50)14-28(34(48)52)56-32-20(16-44)22(36(40,41)42)12-24(46-32)26-7-3-9-54-26/h1-12,27-28H,13-14H2. The van der Waals surface area contributed by atoms with Crippen LogP contribution >= 0.6 is 46.2 Å². The Kier molecular flexibility index (Phi) is 10.3. The second-order valence-corrected chi connectivity index (χ2v) is 16.2. The third-order valence-corrected chi connectivity index (χ3v) is 12.5. The predicted octanol–water partition coefficient (Wildman–Crippen LogP) is 8.56. The normalized spacial score (nSPS) is 17.5. The second-order valence-electron chi connectivity index (χ2n) is 11.9. The summed E-state index contributed by atoms with van der Waals surface area (Å²) in [4.78, 5) is 64.7. The summed E-state index contributed by atoms with van der Waals surface area (Å²) in [5.41, 5.74) is -4.46. The van der Waals surface area contributed by atoms with E-state index >= 15 is 0 Å². The number of aromatic nitrogens is 2. The molecule has 20 heteroatoms. The van der Waals surface area contributed by atoms with Crippen molar-refractivity contribution >= 4 is 81.2 Å².